The number of hydrogen-bond acceptors (Lipinski definition) is 3. The number of nitrogens with one attached hydrogen (secondary N) is 1. The monoisotopic (exact) mass is 200 g/mol. The molecule has 0 aromatic carbocycles. The van der Waals surface area contributed by atoms with Gasteiger partial charge in [0.2, 0.25) is 5.91 Å². The molecule has 1 heterocycles. The normalized spacial score (nSPS) is 23.4. The Morgan fingerprint density at radius 3 is 3.07 bits per heavy atom. The van der Waals surface area contributed by atoms with Crippen molar-refractivity contribution in [1.82, 2.24) is 10.2 Å². The van der Waals surface area contributed by atoms with Gasteiger partial charge in [-0.25, -0.2) is 0 Å². The van der Waals surface area contributed by atoms with E-state index < -0.39 is 0 Å². The lowest BCUT2D eigenvalue weighted by Gasteiger charge is -2.31. The Morgan fingerprint density at radius 1 is 1.64 bits per heavy atom. The molecule has 4 nitrogen and oxygen atoms in total. The van der Waals surface area contributed by atoms with Crippen molar-refractivity contribution in [3.63, 3.8) is 0 Å². The van der Waals surface area contributed by atoms with Crippen LogP contribution in [0.4, 0.5) is 0 Å². The summed E-state index contributed by atoms with van der Waals surface area (Å²) in [5.41, 5.74) is 0. The molecule has 0 aliphatic carbocycles. The number of carbonyl (C=O) groups excluding carboxylic acids is 1. The molecule has 1 atom stereocenters. The largest absolute Gasteiger partial charge is 0.396 e. The number of piperidine rings is 1. The summed E-state index contributed by atoms with van der Waals surface area (Å²) in [6.07, 6.45) is 3.19. The summed E-state index contributed by atoms with van der Waals surface area (Å²) >= 11 is 0. The van der Waals surface area contributed by atoms with Gasteiger partial charge in [-0.1, -0.05) is 0 Å². The number of rotatable bonds is 4. The third-order valence-electron chi connectivity index (χ3n) is 2.79. The van der Waals surface area contributed by atoms with Crippen LogP contribution in [0.3, 0.4) is 0 Å². The molecule has 1 rings (SSSR count). The smallest absolute Gasteiger partial charge is 0.233 e. The maximum Gasteiger partial charge on any atom is 0.233 e. The molecular weight excluding hydrogens is 180 g/mol. The van der Waals surface area contributed by atoms with Gasteiger partial charge in [0.15, 0.2) is 0 Å². The summed E-state index contributed by atoms with van der Waals surface area (Å²) in [5.74, 6) is 0.646. The number of aliphatic hydroxyl groups is 1. The van der Waals surface area contributed by atoms with Gasteiger partial charge in [0.05, 0.1) is 6.54 Å². The van der Waals surface area contributed by atoms with Gasteiger partial charge in [-0.2, -0.15) is 0 Å². The van der Waals surface area contributed by atoms with Crippen LogP contribution < -0.4 is 5.32 Å². The van der Waals surface area contributed by atoms with Crippen LogP contribution in [0.15, 0.2) is 0 Å². The maximum atomic E-state index is 11.1. The second kappa shape index (κ2) is 5.98. The zero-order valence-electron chi connectivity index (χ0n) is 8.83. The number of carbonyl (C=O) groups is 1. The number of likely N-dealkylation sites (N-methyl/N-ethyl adjacent to an activating group) is 1. The third kappa shape index (κ3) is 3.64. The molecule has 4 heteroatoms. The minimum Gasteiger partial charge on any atom is -0.396 e. The highest BCUT2D eigenvalue weighted by molar-refractivity contribution is 5.77. The molecule has 1 aliphatic heterocycles. The highest BCUT2D eigenvalue weighted by Crippen LogP contribution is 2.18. The van der Waals surface area contributed by atoms with E-state index in [1.165, 1.54) is 6.42 Å². The first-order valence-corrected chi connectivity index (χ1v) is 5.30. The Bertz CT molecular complexity index is 183. The topological polar surface area (TPSA) is 52.6 Å². The predicted molar refractivity (Wildman–Crippen MR) is 54.9 cm³/mol. The van der Waals surface area contributed by atoms with E-state index in [0.29, 0.717) is 12.5 Å². The first-order valence-electron chi connectivity index (χ1n) is 5.30. The number of nitrogens with zero attached hydrogens (tertiary/aromatic N) is 1. The Hall–Kier alpha value is -0.610. The van der Waals surface area contributed by atoms with Gasteiger partial charge < -0.3 is 10.4 Å². The fraction of sp³-hybridized carbons (Fsp3) is 0.900. The van der Waals surface area contributed by atoms with Crippen LogP contribution in [0, 0.1) is 5.92 Å². The molecule has 0 saturated carbocycles. The van der Waals surface area contributed by atoms with Crippen LogP contribution in [0.25, 0.3) is 0 Å². The lowest BCUT2D eigenvalue weighted by Crippen LogP contribution is -2.41. The molecule has 0 bridgehead atoms. The van der Waals surface area contributed by atoms with Crippen molar-refractivity contribution in [2.75, 3.05) is 33.3 Å². The predicted octanol–water partition coefficient (Wildman–Crippen LogP) is -0.173. The third-order valence-corrected chi connectivity index (χ3v) is 2.79. The van der Waals surface area contributed by atoms with Crippen LogP contribution in [-0.4, -0.2) is 49.2 Å². The summed E-state index contributed by atoms with van der Waals surface area (Å²) in [6.45, 7) is 2.72. The maximum absolute atomic E-state index is 11.1. The molecule has 1 amide bonds. The van der Waals surface area contributed by atoms with Gasteiger partial charge >= 0.3 is 0 Å². The van der Waals surface area contributed by atoms with Gasteiger partial charge in [0.1, 0.15) is 0 Å². The Kier molecular flexibility index (Phi) is 4.90. The van der Waals surface area contributed by atoms with E-state index in [0.717, 1.165) is 25.9 Å². The highest BCUT2D eigenvalue weighted by atomic mass is 16.3. The molecule has 1 fully saturated rings. The van der Waals surface area contributed by atoms with Crippen molar-refractivity contribution in [1.29, 1.82) is 0 Å². The summed E-state index contributed by atoms with van der Waals surface area (Å²) in [5, 5.41) is 11.5. The van der Waals surface area contributed by atoms with Gasteiger partial charge in [-0.3, -0.25) is 9.69 Å². The molecule has 1 unspecified atom stereocenters. The summed E-state index contributed by atoms with van der Waals surface area (Å²) in [7, 11) is 1.66. The second-order valence-electron chi connectivity index (χ2n) is 3.93. The van der Waals surface area contributed by atoms with Gasteiger partial charge in [-0.15, -0.1) is 0 Å². The van der Waals surface area contributed by atoms with Crippen LogP contribution in [-0.2, 0) is 4.79 Å². The average molecular weight is 200 g/mol. The van der Waals surface area contributed by atoms with E-state index in [1.807, 2.05) is 0 Å². The molecule has 0 aromatic rings. The van der Waals surface area contributed by atoms with E-state index in [-0.39, 0.29) is 12.5 Å². The summed E-state index contributed by atoms with van der Waals surface area (Å²) < 4.78 is 0. The minimum absolute atomic E-state index is 0.0784. The number of hydrogen-bond donors (Lipinski definition) is 2. The fourth-order valence-corrected chi connectivity index (χ4v) is 2.00. The van der Waals surface area contributed by atoms with Crippen LogP contribution in [0.1, 0.15) is 19.3 Å². The Labute approximate surface area is 85.3 Å². The molecule has 1 aliphatic rings. The van der Waals surface area contributed by atoms with E-state index in [9.17, 15) is 4.79 Å². The Balaban J connectivity index is 2.28. The van der Waals surface area contributed by atoms with Gasteiger partial charge in [0, 0.05) is 20.2 Å². The van der Waals surface area contributed by atoms with Crippen LogP contribution in [0.5, 0.6) is 0 Å². The second-order valence-corrected chi connectivity index (χ2v) is 3.93. The van der Waals surface area contributed by atoms with Crippen molar-refractivity contribution in [3.05, 3.63) is 0 Å². The van der Waals surface area contributed by atoms with Crippen LogP contribution in [0.2, 0.25) is 0 Å². The zero-order valence-corrected chi connectivity index (χ0v) is 8.83. The van der Waals surface area contributed by atoms with Crippen molar-refractivity contribution < 1.29 is 9.90 Å². The first kappa shape index (κ1) is 11.5. The average Bonchev–Trinajstić information content (AvgIpc) is 2.19. The molecule has 82 valence electrons. The minimum atomic E-state index is 0.0784. The lowest BCUT2D eigenvalue weighted by molar-refractivity contribution is -0.122. The zero-order chi connectivity index (χ0) is 10.4. The molecule has 14 heavy (non-hydrogen) atoms. The number of likely N-dealkylation sites (tertiary alicyclic amines) is 1. The molecule has 0 spiro atoms. The van der Waals surface area contributed by atoms with Crippen molar-refractivity contribution in [2.24, 2.45) is 5.92 Å². The van der Waals surface area contributed by atoms with Crippen molar-refractivity contribution >= 4 is 5.91 Å². The summed E-state index contributed by atoms with van der Waals surface area (Å²) in [6, 6.07) is 0. The van der Waals surface area contributed by atoms with E-state index in [4.69, 9.17) is 5.11 Å². The Morgan fingerprint density at radius 2 is 2.43 bits per heavy atom. The quantitative estimate of drug-likeness (QED) is 0.662. The van der Waals surface area contributed by atoms with Gasteiger partial charge in [-0.05, 0) is 31.7 Å². The van der Waals surface area contributed by atoms with E-state index >= 15 is 0 Å². The standard InChI is InChI=1S/C10H20N2O2/c1-11-10(14)8-12-5-2-3-9(7-12)4-6-13/h9,13H,2-8H2,1H3,(H,11,14). The summed E-state index contributed by atoms with van der Waals surface area (Å²) in [4.78, 5) is 13.3. The molecule has 1 saturated heterocycles. The number of amides is 1. The highest BCUT2D eigenvalue weighted by Gasteiger charge is 2.20. The fourth-order valence-electron chi connectivity index (χ4n) is 2.00. The lowest BCUT2D eigenvalue weighted by atomic mass is 9.95. The van der Waals surface area contributed by atoms with Crippen LogP contribution >= 0.6 is 0 Å². The molecule has 0 radical (unpaired) electrons. The molecule has 0 aromatic heterocycles. The van der Waals surface area contributed by atoms with E-state index in [2.05, 4.69) is 10.2 Å². The molecular formula is C10H20N2O2. The number of aliphatic hydroxyl groups excluding tert-OH is 1. The first-order chi connectivity index (χ1) is 6.76. The van der Waals surface area contributed by atoms with Crippen molar-refractivity contribution in [2.45, 2.75) is 19.3 Å². The van der Waals surface area contributed by atoms with Crippen molar-refractivity contribution in [3.8, 4) is 0 Å². The SMILES string of the molecule is CNC(=O)CN1CCCC(CCO)C1. The van der Waals surface area contributed by atoms with Gasteiger partial charge in [0.25, 0.3) is 0 Å². The van der Waals surface area contributed by atoms with E-state index in [1.54, 1.807) is 7.05 Å². The molecule has 2 N–H and O–H groups in total.